The van der Waals surface area contributed by atoms with Crippen molar-refractivity contribution >= 4 is 38.6 Å². The lowest BCUT2D eigenvalue weighted by Gasteiger charge is -2.05. The second-order valence-electron chi connectivity index (χ2n) is 6.39. The topological polar surface area (TPSA) is 55.1 Å². The Labute approximate surface area is 165 Å². The maximum atomic E-state index is 12.3. The van der Waals surface area contributed by atoms with Crippen molar-refractivity contribution in [1.29, 1.82) is 0 Å². The Balaban J connectivity index is 1.54. The van der Waals surface area contributed by atoms with Gasteiger partial charge in [-0.15, -0.1) is 0 Å². The van der Waals surface area contributed by atoms with Gasteiger partial charge in [-0.25, -0.2) is 4.98 Å². The van der Waals surface area contributed by atoms with Crippen LogP contribution in [-0.2, 0) is 11.2 Å². The number of rotatable bonds is 4. The number of oxazole rings is 1. The van der Waals surface area contributed by atoms with Gasteiger partial charge in [0.05, 0.1) is 12.0 Å². The van der Waals surface area contributed by atoms with Crippen molar-refractivity contribution in [2.45, 2.75) is 13.3 Å². The van der Waals surface area contributed by atoms with E-state index < -0.39 is 0 Å². The van der Waals surface area contributed by atoms with Crippen molar-refractivity contribution in [1.82, 2.24) is 4.98 Å². The predicted molar refractivity (Wildman–Crippen MR) is 111 cm³/mol. The molecular weight excluding hydrogens is 404 g/mol. The first-order valence-corrected chi connectivity index (χ1v) is 9.39. The number of carbonyl (C=O) groups is 1. The average Bonchev–Trinajstić information content (AvgIpc) is 3.07. The number of halogens is 1. The van der Waals surface area contributed by atoms with Gasteiger partial charge in [0.2, 0.25) is 11.8 Å². The molecule has 4 aromatic rings. The zero-order valence-electron chi connectivity index (χ0n) is 14.7. The summed E-state index contributed by atoms with van der Waals surface area (Å²) in [4.78, 5) is 16.9. The van der Waals surface area contributed by atoms with E-state index in [0.29, 0.717) is 29.1 Å². The van der Waals surface area contributed by atoms with Gasteiger partial charge in [-0.1, -0.05) is 42.0 Å². The summed E-state index contributed by atoms with van der Waals surface area (Å²) in [5, 5.41) is 2.93. The Morgan fingerprint density at radius 1 is 1.07 bits per heavy atom. The largest absolute Gasteiger partial charge is 0.436 e. The molecule has 1 aromatic heterocycles. The highest BCUT2D eigenvalue weighted by Gasteiger charge is 2.12. The van der Waals surface area contributed by atoms with E-state index >= 15 is 0 Å². The minimum atomic E-state index is -0.0623. The number of nitrogens with one attached hydrogen (secondary N) is 1. The number of amides is 1. The van der Waals surface area contributed by atoms with E-state index in [9.17, 15) is 4.79 Å². The fourth-order valence-electron chi connectivity index (χ4n) is 2.85. The summed E-state index contributed by atoms with van der Waals surface area (Å²) in [5.41, 5.74) is 5.13. The zero-order chi connectivity index (χ0) is 18.8. The van der Waals surface area contributed by atoms with Crippen LogP contribution in [0.2, 0.25) is 0 Å². The van der Waals surface area contributed by atoms with E-state index in [1.54, 1.807) is 0 Å². The van der Waals surface area contributed by atoms with Crippen molar-refractivity contribution in [3.05, 3.63) is 82.3 Å². The SMILES string of the molecule is Cc1ccc(CC(=O)Nc2ccc3oc(-c4ccccc4Br)nc3c2)cc1. The van der Waals surface area contributed by atoms with Gasteiger partial charge < -0.3 is 9.73 Å². The second kappa shape index (κ2) is 7.37. The molecule has 1 heterocycles. The Morgan fingerprint density at radius 3 is 2.63 bits per heavy atom. The predicted octanol–water partition coefficient (Wildman–Crippen LogP) is 5.75. The third kappa shape index (κ3) is 3.93. The first-order chi connectivity index (χ1) is 13.1. The number of nitrogens with zero attached hydrogens (tertiary/aromatic N) is 1. The summed E-state index contributed by atoms with van der Waals surface area (Å²) in [6.07, 6.45) is 0.333. The minimum Gasteiger partial charge on any atom is -0.436 e. The van der Waals surface area contributed by atoms with Gasteiger partial charge in [0.15, 0.2) is 5.58 Å². The van der Waals surface area contributed by atoms with E-state index in [1.807, 2.05) is 73.7 Å². The smallest absolute Gasteiger partial charge is 0.228 e. The minimum absolute atomic E-state index is 0.0623. The third-order valence-electron chi connectivity index (χ3n) is 4.26. The number of aromatic nitrogens is 1. The van der Waals surface area contributed by atoms with Crippen LogP contribution >= 0.6 is 15.9 Å². The maximum absolute atomic E-state index is 12.3. The van der Waals surface area contributed by atoms with Crippen molar-refractivity contribution in [3.8, 4) is 11.5 Å². The molecule has 0 fully saturated rings. The lowest BCUT2D eigenvalue weighted by molar-refractivity contribution is -0.115. The highest BCUT2D eigenvalue weighted by atomic mass is 79.9. The van der Waals surface area contributed by atoms with E-state index in [4.69, 9.17) is 4.42 Å². The first kappa shape index (κ1) is 17.5. The number of benzene rings is 3. The maximum Gasteiger partial charge on any atom is 0.228 e. The van der Waals surface area contributed by atoms with Gasteiger partial charge in [-0.05, 0) is 58.7 Å². The fraction of sp³-hybridized carbons (Fsp3) is 0.0909. The highest BCUT2D eigenvalue weighted by Crippen LogP contribution is 2.30. The summed E-state index contributed by atoms with van der Waals surface area (Å²) >= 11 is 3.52. The molecule has 134 valence electrons. The molecule has 0 radical (unpaired) electrons. The van der Waals surface area contributed by atoms with E-state index in [2.05, 4.69) is 26.2 Å². The summed E-state index contributed by atoms with van der Waals surface area (Å²) in [7, 11) is 0. The van der Waals surface area contributed by atoms with Crippen LogP contribution in [0.5, 0.6) is 0 Å². The molecule has 4 rings (SSSR count). The van der Waals surface area contributed by atoms with Gasteiger partial charge in [-0.3, -0.25) is 4.79 Å². The molecule has 0 atom stereocenters. The molecule has 5 heteroatoms. The Bertz CT molecular complexity index is 1120. The van der Waals surface area contributed by atoms with Crippen molar-refractivity contribution in [2.75, 3.05) is 5.32 Å². The lowest BCUT2D eigenvalue weighted by Crippen LogP contribution is -2.14. The second-order valence-corrected chi connectivity index (χ2v) is 7.25. The molecule has 27 heavy (non-hydrogen) atoms. The lowest BCUT2D eigenvalue weighted by atomic mass is 10.1. The normalized spacial score (nSPS) is 10.9. The van der Waals surface area contributed by atoms with Gasteiger partial charge in [0.25, 0.3) is 0 Å². The average molecular weight is 421 g/mol. The summed E-state index contributed by atoms with van der Waals surface area (Å²) in [6, 6.07) is 21.2. The molecule has 0 bridgehead atoms. The van der Waals surface area contributed by atoms with Gasteiger partial charge in [-0.2, -0.15) is 0 Å². The molecule has 1 N–H and O–H groups in total. The number of fused-ring (bicyclic) bond motifs is 1. The number of aryl methyl sites for hydroxylation is 1. The highest BCUT2D eigenvalue weighted by molar-refractivity contribution is 9.10. The van der Waals surface area contributed by atoms with Crippen LogP contribution in [0, 0.1) is 6.92 Å². The van der Waals surface area contributed by atoms with E-state index in [1.165, 1.54) is 5.56 Å². The van der Waals surface area contributed by atoms with Crippen molar-refractivity contribution < 1.29 is 9.21 Å². The van der Waals surface area contributed by atoms with Crippen LogP contribution in [0.4, 0.5) is 5.69 Å². The monoisotopic (exact) mass is 420 g/mol. The van der Waals surface area contributed by atoms with Crippen LogP contribution in [0.1, 0.15) is 11.1 Å². The molecule has 0 saturated carbocycles. The van der Waals surface area contributed by atoms with Crippen LogP contribution < -0.4 is 5.32 Å². The van der Waals surface area contributed by atoms with E-state index in [0.717, 1.165) is 15.6 Å². The molecule has 0 aliphatic rings. The number of anilines is 1. The van der Waals surface area contributed by atoms with Gasteiger partial charge >= 0.3 is 0 Å². The molecule has 0 unspecified atom stereocenters. The van der Waals surface area contributed by atoms with Crippen LogP contribution in [0.25, 0.3) is 22.6 Å². The van der Waals surface area contributed by atoms with Crippen LogP contribution in [-0.4, -0.2) is 10.9 Å². The quantitative estimate of drug-likeness (QED) is 0.457. The fourth-order valence-corrected chi connectivity index (χ4v) is 3.31. The third-order valence-corrected chi connectivity index (χ3v) is 4.95. The van der Waals surface area contributed by atoms with Gasteiger partial charge in [0, 0.05) is 10.2 Å². The van der Waals surface area contributed by atoms with Crippen LogP contribution in [0.15, 0.2) is 75.6 Å². The number of hydrogen-bond acceptors (Lipinski definition) is 3. The van der Waals surface area contributed by atoms with Crippen molar-refractivity contribution in [2.24, 2.45) is 0 Å². The molecule has 1 amide bonds. The molecule has 0 saturated heterocycles. The summed E-state index contributed by atoms with van der Waals surface area (Å²) in [5.74, 6) is 0.480. The first-order valence-electron chi connectivity index (χ1n) is 8.59. The molecule has 4 nitrogen and oxygen atoms in total. The van der Waals surface area contributed by atoms with Crippen molar-refractivity contribution in [3.63, 3.8) is 0 Å². The number of hydrogen-bond donors (Lipinski definition) is 1. The summed E-state index contributed by atoms with van der Waals surface area (Å²) in [6.45, 7) is 2.03. The summed E-state index contributed by atoms with van der Waals surface area (Å²) < 4.78 is 6.77. The molecular formula is C22H17BrN2O2. The number of carbonyl (C=O) groups excluding carboxylic acids is 1. The standard InChI is InChI=1S/C22H17BrN2O2/c1-14-6-8-15(9-7-14)12-21(26)24-16-10-11-20-19(13-16)25-22(27-20)17-4-2-3-5-18(17)23/h2-11,13H,12H2,1H3,(H,24,26). The molecule has 0 spiro atoms. The Morgan fingerprint density at radius 2 is 1.85 bits per heavy atom. The van der Waals surface area contributed by atoms with E-state index in [-0.39, 0.29) is 5.91 Å². The van der Waals surface area contributed by atoms with Gasteiger partial charge in [0.1, 0.15) is 5.52 Å². The molecule has 3 aromatic carbocycles. The Kier molecular flexibility index (Phi) is 4.77. The zero-order valence-corrected chi connectivity index (χ0v) is 16.3. The molecule has 0 aliphatic heterocycles. The Hall–Kier alpha value is -2.92. The van der Waals surface area contributed by atoms with Crippen LogP contribution in [0.3, 0.4) is 0 Å². The molecule has 0 aliphatic carbocycles.